The molecule has 1 amide bonds. The van der Waals surface area contributed by atoms with E-state index in [9.17, 15) is 4.79 Å². The molecule has 108 valence electrons. The second-order valence-electron chi connectivity index (χ2n) is 4.17. The molecule has 1 aromatic heterocycles. The molecule has 0 saturated carbocycles. The van der Waals surface area contributed by atoms with E-state index in [2.05, 4.69) is 10.3 Å². The van der Waals surface area contributed by atoms with Crippen molar-refractivity contribution in [3.8, 4) is 11.5 Å². The number of hydrogen-bond donors (Lipinski definition) is 1. The lowest BCUT2D eigenvalue weighted by molar-refractivity contribution is -0.111. The van der Waals surface area contributed by atoms with E-state index in [4.69, 9.17) is 9.47 Å². The fraction of sp³-hybridized carbons (Fsp3) is 0.125. The second-order valence-corrected chi connectivity index (χ2v) is 4.17. The first-order valence-electron chi connectivity index (χ1n) is 6.34. The van der Waals surface area contributed by atoms with Gasteiger partial charge in [-0.3, -0.25) is 9.78 Å². The summed E-state index contributed by atoms with van der Waals surface area (Å²) in [5.74, 6) is 0.965. The van der Waals surface area contributed by atoms with Gasteiger partial charge in [0.1, 0.15) is 11.5 Å². The molecule has 0 aliphatic rings. The molecular formula is C16H16N2O3. The van der Waals surface area contributed by atoms with Crippen molar-refractivity contribution in [3.05, 3.63) is 54.4 Å². The predicted molar refractivity (Wildman–Crippen MR) is 81.4 cm³/mol. The number of nitrogens with zero attached hydrogens (tertiary/aromatic N) is 1. The lowest BCUT2D eigenvalue weighted by atomic mass is 10.2. The number of benzene rings is 1. The molecule has 0 aliphatic carbocycles. The van der Waals surface area contributed by atoms with E-state index in [0.717, 1.165) is 5.56 Å². The van der Waals surface area contributed by atoms with Crippen molar-refractivity contribution in [2.24, 2.45) is 0 Å². The van der Waals surface area contributed by atoms with Crippen LogP contribution < -0.4 is 14.8 Å². The molecule has 2 rings (SSSR count). The zero-order valence-corrected chi connectivity index (χ0v) is 11.9. The Labute approximate surface area is 123 Å². The van der Waals surface area contributed by atoms with Crippen LogP contribution in [-0.4, -0.2) is 25.1 Å². The monoisotopic (exact) mass is 284 g/mol. The summed E-state index contributed by atoms with van der Waals surface area (Å²) in [6.07, 6.45) is 6.51. The van der Waals surface area contributed by atoms with Crippen LogP contribution in [0.2, 0.25) is 0 Å². The highest BCUT2D eigenvalue weighted by atomic mass is 16.5. The average molecular weight is 284 g/mol. The molecule has 1 heterocycles. The fourth-order valence-corrected chi connectivity index (χ4v) is 1.72. The number of nitrogens with one attached hydrogen (secondary N) is 1. The lowest BCUT2D eigenvalue weighted by Crippen LogP contribution is -2.08. The first kappa shape index (κ1) is 14.6. The first-order chi connectivity index (χ1) is 10.2. The summed E-state index contributed by atoms with van der Waals surface area (Å²) in [5, 5.41) is 2.76. The molecule has 0 aliphatic heterocycles. The molecule has 0 fully saturated rings. The molecule has 21 heavy (non-hydrogen) atoms. The van der Waals surface area contributed by atoms with E-state index in [-0.39, 0.29) is 5.91 Å². The number of ether oxygens (including phenoxy) is 2. The summed E-state index contributed by atoms with van der Waals surface area (Å²) in [7, 11) is 3.11. The Hall–Kier alpha value is -2.82. The molecule has 0 saturated heterocycles. The zero-order valence-electron chi connectivity index (χ0n) is 11.9. The first-order valence-corrected chi connectivity index (χ1v) is 6.34. The minimum absolute atomic E-state index is 0.240. The van der Waals surface area contributed by atoms with E-state index in [1.165, 1.54) is 13.2 Å². The third-order valence-corrected chi connectivity index (χ3v) is 2.80. The van der Waals surface area contributed by atoms with Gasteiger partial charge >= 0.3 is 0 Å². The van der Waals surface area contributed by atoms with Gasteiger partial charge in [0.25, 0.3) is 0 Å². The van der Waals surface area contributed by atoms with Gasteiger partial charge in [0.05, 0.1) is 19.9 Å². The Balaban J connectivity index is 2.07. The van der Waals surface area contributed by atoms with Crippen LogP contribution in [0.4, 0.5) is 5.69 Å². The average Bonchev–Trinajstić information content (AvgIpc) is 2.54. The van der Waals surface area contributed by atoms with Crippen molar-refractivity contribution in [3.63, 3.8) is 0 Å². The van der Waals surface area contributed by atoms with Crippen molar-refractivity contribution in [1.82, 2.24) is 4.98 Å². The zero-order chi connectivity index (χ0) is 15.1. The van der Waals surface area contributed by atoms with Crippen LogP contribution >= 0.6 is 0 Å². The summed E-state index contributed by atoms with van der Waals surface area (Å²) in [4.78, 5) is 15.8. The van der Waals surface area contributed by atoms with Crippen LogP contribution in [-0.2, 0) is 4.79 Å². The Morgan fingerprint density at radius 2 is 1.90 bits per heavy atom. The molecular weight excluding hydrogens is 268 g/mol. The quantitative estimate of drug-likeness (QED) is 0.858. The molecule has 1 aromatic carbocycles. The van der Waals surface area contributed by atoms with Crippen molar-refractivity contribution in [2.75, 3.05) is 19.5 Å². The highest BCUT2D eigenvalue weighted by molar-refractivity contribution is 6.02. The van der Waals surface area contributed by atoms with Gasteiger partial charge in [-0.2, -0.15) is 0 Å². The third-order valence-electron chi connectivity index (χ3n) is 2.80. The largest absolute Gasteiger partial charge is 0.497 e. The minimum Gasteiger partial charge on any atom is -0.497 e. The molecule has 5 heteroatoms. The van der Waals surface area contributed by atoms with Crippen molar-refractivity contribution < 1.29 is 14.3 Å². The molecule has 0 radical (unpaired) electrons. The van der Waals surface area contributed by atoms with E-state index in [1.807, 2.05) is 12.1 Å². The van der Waals surface area contributed by atoms with E-state index in [1.54, 1.807) is 43.8 Å². The topological polar surface area (TPSA) is 60.5 Å². The number of aromatic nitrogens is 1. The number of pyridine rings is 1. The minimum atomic E-state index is -0.240. The van der Waals surface area contributed by atoms with E-state index >= 15 is 0 Å². The van der Waals surface area contributed by atoms with Gasteiger partial charge < -0.3 is 14.8 Å². The molecule has 0 atom stereocenters. The summed E-state index contributed by atoms with van der Waals surface area (Å²) >= 11 is 0. The fourth-order valence-electron chi connectivity index (χ4n) is 1.72. The van der Waals surface area contributed by atoms with Crippen LogP contribution in [0.3, 0.4) is 0 Å². The van der Waals surface area contributed by atoms with Gasteiger partial charge in [-0.15, -0.1) is 0 Å². The maximum Gasteiger partial charge on any atom is 0.248 e. The molecule has 0 bridgehead atoms. The van der Waals surface area contributed by atoms with Crippen molar-refractivity contribution in [1.29, 1.82) is 0 Å². The number of carbonyl (C=O) groups excluding carboxylic acids is 1. The van der Waals surface area contributed by atoms with Gasteiger partial charge in [0.2, 0.25) is 5.91 Å². The van der Waals surface area contributed by atoms with Crippen LogP contribution in [0.5, 0.6) is 11.5 Å². The summed E-state index contributed by atoms with van der Waals surface area (Å²) in [6, 6.07) is 8.83. The summed E-state index contributed by atoms with van der Waals surface area (Å²) in [6.45, 7) is 0. The number of carbonyl (C=O) groups is 1. The normalized spacial score (nSPS) is 10.4. The maximum atomic E-state index is 11.9. The molecule has 1 N–H and O–H groups in total. The van der Waals surface area contributed by atoms with Crippen LogP contribution in [0.25, 0.3) is 6.08 Å². The Morgan fingerprint density at radius 3 is 2.57 bits per heavy atom. The van der Waals surface area contributed by atoms with Gasteiger partial charge in [0.15, 0.2) is 0 Å². The maximum absolute atomic E-state index is 11.9. The standard InChI is InChI=1S/C16H16N2O3/c1-20-13-4-5-14(15(11-13)21-2)18-16(19)6-3-12-7-9-17-10-8-12/h3-11H,1-2H3,(H,18,19)/b6-3+. The van der Waals surface area contributed by atoms with E-state index in [0.29, 0.717) is 17.2 Å². The van der Waals surface area contributed by atoms with Gasteiger partial charge in [-0.25, -0.2) is 0 Å². The molecule has 0 unspecified atom stereocenters. The Kier molecular flexibility index (Phi) is 4.93. The molecule has 2 aromatic rings. The van der Waals surface area contributed by atoms with Crippen LogP contribution in [0.15, 0.2) is 48.8 Å². The lowest BCUT2D eigenvalue weighted by Gasteiger charge is -2.10. The molecule has 0 spiro atoms. The Morgan fingerprint density at radius 1 is 1.14 bits per heavy atom. The smallest absolute Gasteiger partial charge is 0.248 e. The van der Waals surface area contributed by atoms with Crippen LogP contribution in [0.1, 0.15) is 5.56 Å². The highest BCUT2D eigenvalue weighted by Gasteiger charge is 2.06. The Bertz CT molecular complexity index is 639. The highest BCUT2D eigenvalue weighted by Crippen LogP contribution is 2.28. The van der Waals surface area contributed by atoms with Crippen molar-refractivity contribution >= 4 is 17.7 Å². The number of amides is 1. The number of anilines is 1. The van der Waals surface area contributed by atoms with Gasteiger partial charge in [0, 0.05) is 24.5 Å². The van der Waals surface area contributed by atoms with Gasteiger partial charge in [-0.1, -0.05) is 0 Å². The van der Waals surface area contributed by atoms with Gasteiger partial charge in [-0.05, 0) is 35.9 Å². The number of methoxy groups -OCH3 is 2. The third kappa shape index (κ3) is 4.07. The number of hydrogen-bond acceptors (Lipinski definition) is 4. The SMILES string of the molecule is COc1ccc(NC(=O)/C=C/c2ccncc2)c(OC)c1. The number of rotatable bonds is 5. The van der Waals surface area contributed by atoms with E-state index < -0.39 is 0 Å². The predicted octanol–water partition coefficient (Wildman–Crippen LogP) is 2.75. The summed E-state index contributed by atoms with van der Waals surface area (Å²) in [5.41, 5.74) is 1.49. The van der Waals surface area contributed by atoms with Crippen LogP contribution in [0, 0.1) is 0 Å². The summed E-state index contributed by atoms with van der Waals surface area (Å²) < 4.78 is 10.3. The molecule has 5 nitrogen and oxygen atoms in total. The second kappa shape index (κ2) is 7.09. The van der Waals surface area contributed by atoms with Crippen molar-refractivity contribution in [2.45, 2.75) is 0 Å².